The fourth-order valence-corrected chi connectivity index (χ4v) is 3.36. The summed E-state index contributed by atoms with van der Waals surface area (Å²) in [6.07, 6.45) is 2.26. The Kier molecular flexibility index (Phi) is 5.94. The van der Waals surface area contributed by atoms with Gasteiger partial charge in [-0.25, -0.2) is 0 Å². The molecule has 1 saturated heterocycles. The second-order valence-electron chi connectivity index (χ2n) is 4.25. The van der Waals surface area contributed by atoms with Crippen molar-refractivity contribution in [1.82, 2.24) is 10.6 Å². The molecule has 1 aromatic heterocycles. The zero-order valence-corrected chi connectivity index (χ0v) is 12.3. The lowest BCUT2D eigenvalue weighted by Crippen LogP contribution is -2.42. The minimum Gasteiger partial charge on any atom is -0.379 e. The van der Waals surface area contributed by atoms with Crippen molar-refractivity contribution < 1.29 is 4.74 Å². The maximum atomic E-state index is 5.42. The number of thiophene rings is 1. The van der Waals surface area contributed by atoms with Crippen molar-refractivity contribution in [1.29, 1.82) is 0 Å². The van der Waals surface area contributed by atoms with E-state index in [4.69, 9.17) is 4.74 Å². The Morgan fingerprint density at radius 2 is 2.47 bits per heavy atom. The topological polar surface area (TPSA) is 33.3 Å². The van der Waals surface area contributed by atoms with E-state index in [0.29, 0.717) is 6.04 Å². The molecule has 0 aromatic carbocycles. The lowest BCUT2D eigenvalue weighted by atomic mass is 10.2. The van der Waals surface area contributed by atoms with Gasteiger partial charge in [-0.1, -0.05) is 0 Å². The average molecular weight is 319 g/mol. The molecule has 3 nitrogen and oxygen atoms in total. The van der Waals surface area contributed by atoms with Crippen molar-refractivity contribution >= 4 is 27.3 Å². The molecule has 1 aliphatic rings. The van der Waals surface area contributed by atoms with Gasteiger partial charge in [-0.15, -0.1) is 11.3 Å². The van der Waals surface area contributed by atoms with Crippen LogP contribution in [0.3, 0.4) is 0 Å². The Bertz CT molecular complexity index is 326. The fraction of sp³-hybridized carbons (Fsp3) is 0.667. The smallest absolute Gasteiger partial charge is 0.0620 e. The van der Waals surface area contributed by atoms with E-state index in [9.17, 15) is 0 Å². The molecule has 1 aliphatic heterocycles. The van der Waals surface area contributed by atoms with Gasteiger partial charge in [0.1, 0.15) is 0 Å². The van der Waals surface area contributed by atoms with Gasteiger partial charge in [-0.05, 0) is 47.9 Å². The third kappa shape index (κ3) is 5.06. The van der Waals surface area contributed by atoms with Gasteiger partial charge in [0, 0.05) is 27.3 Å². The van der Waals surface area contributed by atoms with Crippen molar-refractivity contribution in [3.05, 3.63) is 20.8 Å². The summed E-state index contributed by atoms with van der Waals surface area (Å²) in [7, 11) is 0. The number of halogens is 1. The van der Waals surface area contributed by atoms with Gasteiger partial charge >= 0.3 is 0 Å². The second kappa shape index (κ2) is 7.48. The first-order valence-electron chi connectivity index (χ1n) is 6.09. The Balaban J connectivity index is 1.51. The van der Waals surface area contributed by atoms with Crippen LogP contribution in [0.1, 0.15) is 11.3 Å². The van der Waals surface area contributed by atoms with Crippen LogP contribution in [0.15, 0.2) is 15.9 Å². The van der Waals surface area contributed by atoms with E-state index >= 15 is 0 Å². The summed E-state index contributed by atoms with van der Waals surface area (Å²) in [5.74, 6) is 0. The fourth-order valence-electron chi connectivity index (χ4n) is 1.90. The number of rotatable bonds is 6. The summed E-state index contributed by atoms with van der Waals surface area (Å²) in [5.41, 5.74) is 0. The van der Waals surface area contributed by atoms with Gasteiger partial charge < -0.3 is 15.4 Å². The number of ether oxygens (including phenoxy) is 1. The summed E-state index contributed by atoms with van der Waals surface area (Å²) in [4.78, 5) is 1.43. The predicted octanol–water partition coefficient (Wildman–Crippen LogP) is 2.02. The molecule has 0 saturated carbocycles. The van der Waals surface area contributed by atoms with E-state index in [0.717, 1.165) is 45.7 Å². The van der Waals surface area contributed by atoms with Crippen LogP contribution < -0.4 is 10.6 Å². The predicted molar refractivity (Wildman–Crippen MR) is 75.8 cm³/mol. The lowest BCUT2D eigenvalue weighted by Gasteiger charge is -2.23. The number of hydrogen-bond donors (Lipinski definition) is 2. The van der Waals surface area contributed by atoms with Crippen molar-refractivity contribution in [3.63, 3.8) is 0 Å². The van der Waals surface area contributed by atoms with Crippen molar-refractivity contribution in [2.45, 2.75) is 18.9 Å². The van der Waals surface area contributed by atoms with Crippen LogP contribution >= 0.6 is 27.3 Å². The molecule has 0 amide bonds. The van der Waals surface area contributed by atoms with Gasteiger partial charge in [0.25, 0.3) is 0 Å². The summed E-state index contributed by atoms with van der Waals surface area (Å²) in [6.45, 7) is 4.83. The van der Waals surface area contributed by atoms with Gasteiger partial charge in [0.2, 0.25) is 0 Å². The van der Waals surface area contributed by atoms with E-state index in [1.807, 2.05) is 11.3 Å². The highest BCUT2D eigenvalue weighted by atomic mass is 79.9. The molecule has 0 spiro atoms. The average Bonchev–Trinajstić information content (AvgIpc) is 2.76. The summed E-state index contributed by atoms with van der Waals surface area (Å²) >= 11 is 5.29. The van der Waals surface area contributed by atoms with Crippen LogP contribution in [-0.4, -0.2) is 38.9 Å². The first-order chi connectivity index (χ1) is 8.34. The SMILES string of the molecule is Brc1csc(CCNCCC2COCCN2)c1. The minimum absolute atomic E-state index is 0.534. The van der Waals surface area contributed by atoms with Crippen molar-refractivity contribution in [3.8, 4) is 0 Å². The molecule has 96 valence electrons. The van der Waals surface area contributed by atoms with Crippen LogP contribution in [0.25, 0.3) is 0 Å². The Labute approximate surface area is 115 Å². The van der Waals surface area contributed by atoms with Gasteiger partial charge in [0.05, 0.1) is 13.2 Å². The molecule has 2 N–H and O–H groups in total. The highest BCUT2D eigenvalue weighted by Crippen LogP contribution is 2.19. The standard InChI is InChI=1S/C12H19BrN2OS/c13-10-7-12(17-9-10)2-4-14-3-1-11-8-16-6-5-15-11/h7,9,11,14-15H,1-6,8H2. The van der Waals surface area contributed by atoms with Gasteiger partial charge in [-0.2, -0.15) is 0 Å². The molecule has 17 heavy (non-hydrogen) atoms. The number of nitrogens with one attached hydrogen (secondary N) is 2. The van der Waals surface area contributed by atoms with Gasteiger partial charge in [-0.3, -0.25) is 0 Å². The first-order valence-corrected chi connectivity index (χ1v) is 7.76. The molecule has 2 rings (SSSR count). The monoisotopic (exact) mass is 318 g/mol. The molecule has 0 bridgehead atoms. The maximum absolute atomic E-state index is 5.42. The van der Waals surface area contributed by atoms with E-state index in [1.165, 1.54) is 9.35 Å². The van der Waals surface area contributed by atoms with Crippen LogP contribution in [0.5, 0.6) is 0 Å². The summed E-state index contributed by atoms with van der Waals surface area (Å²) in [5, 5.41) is 9.09. The molecule has 1 fully saturated rings. The van der Waals surface area contributed by atoms with E-state index in [-0.39, 0.29) is 0 Å². The van der Waals surface area contributed by atoms with Crippen molar-refractivity contribution in [2.75, 3.05) is 32.8 Å². The zero-order chi connectivity index (χ0) is 11.9. The number of morpholine rings is 1. The van der Waals surface area contributed by atoms with E-state index < -0.39 is 0 Å². The summed E-state index contributed by atoms with van der Waals surface area (Å²) < 4.78 is 6.61. The number of hydrogen-bond acceptors (Lipinski definition) is 4. The molecular formula is C12H19BrN2OS. The summed E-state index contributed by atoms with van der Waals surface area (Å²) in [6, 6.07) is 2.73. The third-order valence-corrected chi connectivity index (χ3v) is 4.60. The molecule has 1 atom stereocenters. The Morgan fingerprint density at radius 3 is 3.18 bits per heavy atom. The van der Waals surface area contributed by atoms with E-state index in [1.54, 1.807) is 0 Å². The molecule has 5 heteroatoms. The van der Waals surface area contributed by atoms with Crippen LogP contribution in [0.4, 0.5) is 0 Å². The normalized spacial score (nSPS) is 20.6. The molecule has 2 heterocycles. The first kappa shape index (κ1) is 13.5. The van der Waals surface area contributed by atoms with Crippen LogP contribution in [0, 0.1) is 0 Å². The second-order valence-corrected chi connectivity index (χ2v) is 6.16. The highest BCUT2D eigenvalue weighted by molar-refractivity contribution is 9.10. The quantitative estimate of drug-likeness (QED) is 0.787. The molecule has 0 aliphatic carbocycles. The Hall–Kier alpha value is 0.0600. The minimum atomic E-state index is 0.534. The largest absolute Gasteiger partial charge is 0.379 e. The van der Waals surface area contributed by atoms with E-state index in [2.05, 4.69) is 38.0 Å². The van der Waals surface area contributed by atoms with Gasteiger partial charge in [0.15, 0.2) is 0 Å². The molecule has 1 aromatic rings. The molecule has 0 radical (unpaired) electrons. The highest BCUT2D eigenvalue weighted by Gasteiger charge is 2.11. The van der Waals surface area contributed by atoms with Crippen LogP contribution in [0.2, 0.25) is 0 Å². The third-order valence-electron chi connectivity index (χ3n) is 2.84. The Morgan fingerprint density at radius 1 is 1.53 bits per heavy atom. The molecular weight excluding hydrogens is 300 g/mol. The van der Waals surface area contributed by atoms with Crippen molar-refractivity contribution in [2.24, 2.45) is 0 Å². The maximum Gasteiger partial charge on any atom is 0.0620 e. The molecule has 1 unspecified atom stereocenters. The van der Waals surface area contributed by atoms with Crippen LogP contribution in [-0.2, 0) is 11.2 Å². The zero-order valence-electron chi connectivity index (χ0n) is 9.88. The lowest BCUT2D eigenvalue weighted by molar-refractivity contribution is 0.0743.